The zero-order chi connectivity index (χ0) is 22.9. The predicted molar refractivity (Wildman–Crippen MR) is 131 cm³/mol. The number of benzene rings is 2. The zero-order valence-electron chi connectivity index (χ0n) is 19.1. The standard InChI is InChI=1S/C25H32N4O2S/c1-4-5-13-32(31)28-22(26)19-14-17(2)15-20-21(19)27-24-25(3,11-12-29(24)23(20)30)16-18-9-7-6-8-10-18/h6-10,14-15,22,28H,4-5,11-13,16,26H2,1-3H3/t22-,25+,32+/m0/s1. The maximum absolute atomic E-state index is 13.5. The number of hydrogen-bond acceptors (Lipinski definition) is 4. The summed E-state index contributed by atoms with van der Waals surface area (Å²) in [6.07, 6.45) is 2.86. The quantitative estimate of drug-likeness (QED) is 0.511. The molecule has 0 amide bonds. The molecule has 0 radical (unpaired) electrons. The van der Waals surface area contributed by atoms with E-state index in [9.17, 15) is 9.00 Å². The number of aromatic nitrogens is 2. The van der Waals surface area contributed by atoms with Crippen LogP contribution in [-0.4, -0.2) is 19.5 Å². The van der Waals surface area contributed by atoms with Crippen LogP contribution in [0.4, 0.5) is 0 Å². The van der Waals surface area contributed by atoms with Gasteiger partial charge in [-0.25, -0.2) is 13.9 Å². The SMILES string of the molecule is CCCC[S@@](=O)N[C@H](N)c1cc(C)cc2c(=O)n3c(nc12)[C@@](C)(Cc1ccccc1)CC3. The maximum atomic E-state index is 13.5. The fourth-order valence-electron chi connectivity index (χ4n) is 4.63. The van der Waals surface area contributed by atoms with Crippen molar-refractivity contribution in [3.63, 3.8) is 0 Å². The topological polar surface area (TPSA) is 90.0 Å². The molecule has 1 aliphatic rings. The lowest BCUT2D eigenvalue weighted by atomic mass is 9.81. The largest absolute Gasteiger partial charge is 0.311 e. The molecule has 3 aromatic rings. The molecule has 2 heterocycles. The number of aryl methyl sites for hydroxylation is 1. The second-order valence-electron chi connectivity index (χ2n) is 9.11. The lowest BCUT2D eigenvalue weighted by molar-refractivity contribution is 0.456. The minimum Gasteiger partial charge on any atom is -0.311 e. The minimum atomic E-state index is -1.23. The Morgan fingerprint density at radius 3 is 2.75 bits per heavy atom. The molecule has 6 nitrogen and oxygen atoms in total. The molecule has 3 N–H and O–H groups in total. The predicted octanol–water partition coefficient (Wildman–Crippen LogP) is 3.62. The fraction of sp³-hybridized carbons (Fsp3) is 0.440. The highest BCUT2D eigenvalue weighted by Crippen LogP contribution is 2.37. The number of fused-ring (bicyclic) bond motifs is 2. The second kappa shape index (κ2) is 9.25. The van der Waals surface area contributed by atoms with Gasteiger partial charge in [-0.05, 0) is 43.4 Å². The molecular formula is C25H32N4O2S. The molecule has 0 fully saturated rings. The summed E-state index contributed by atoms with van der Waals surface area (Å²) in [6.45, 7) is 6.86. The molecule has 2 aromatic carbocycles. The van der Waals surface area contributed by atoms with Crippen LogP contribution in [0.15, 0.2) is 47.3 Å². The number of hydrogen-bond donors (Lipinski definition) is 2. The van der Waals surface area contributed by atoms with Gasteiger partial charge in [0, 0.05) is 23.3 Å². The summed E-state index contributed by atoms with van der Waals surface area (Å²) in [7, 11) is -1.23. The number of rotatable bonds is 8. The fourth-order valence-corrected chi connectivity index (χ4v) is 5.71. The molecule has 1 aromatic heterocycles. The van der Waals surface area contributed by atoms with Crippen molar-refractivity contribution in [2.24, 2.45) is 5.73 Å². The summed E-state index contributed by atoms with van der Waals surface area (Å²) in [5, 5.41) is 0.573. The van der Waals surface area contributed by atoms with Gasteiger partial charge in [-0.15, -0.1) is 0 Å². The molecule has 0 saturated carbocycles. The normalized spacial score (nSPS) is 19.8. The first-order valence-electron chi connectivity index (χ1n) is 11.3. The van der Waals surface area contributed by atoms with Gasteiger partial charge in [-0.1, -0.05) is 56.7 Å². The number of unbranched alkanes of at least 4 members (excludes halogenated alkanes) is 1. The Kier molecular flexibility index (Phi) is 6.60. The molecule has 0 bridgehead atoms. The van der Waals surface area contributed by atoms with E-state index in [1.54, 1.807) is 0 Å². The smallest absolute Gasteiger partial charge is 0.261 e. The summed E-state index contributed by atoms with van der Waals surface area (Å²) in [4.78, 5) is 18.5. The van der Waals surface area contributed by atoms with E-state index in [1.807, 2.05) is 41.8 Å². The van der Waals surface area contributed by atoms with E-state index in [-0.39, 0.29) is 11.0 Å². The third kappa shape index (κ3) is 4.42. The monoisotopic (exact) mass is 452 g/mol. The van der Waals surface area contributed by atoms with Crippen molar-refractivity contribution in [2.75, 3.05) is 5.75 Å². The van der Waals surface area contributed by atoms with Crippen molar-refractivity contribution < 1.29 is 4.21 Å². The maximum Gasteiger partial charge on any atom is 0.261 e. The second-order valence-corrected chi connectivity index (χ2v) is 10.4. The van der Waals surface area contributed by atoms with Crippen LogP contribution < -0.4 is 16.0 Å². The van der Waals surface area contributed by atoms with Gasteiger partial charge in [0.05, 0.1) is 28.1 Å². The van der Waals surface area contributed by atoms with Crippen molar-refractivity contribution in [2.45, 2.75) is 64.6 Å². The van der Waals surface area contributed by atoms with E-state index in [0.29, 0.717) is 23.2 Å². The molecule has 0 spiro atoms. The van der Waals surface area contributed by atoms with Crippen LogP contribution in [0.25, 0.3) is 10.9 Å². The highest BCUT2D eigenvalue weighted by Gasteiger charge is 2.38. The first-order chi connectivity index (χ1) is 15.3. The minimum absolute atomic E-state index is 0.0222. The Bertz CT molecular complexity index is 1210. The molecular weight excluding hydrogens is 420 g/mol. The van der Waals surface area contributed by atoms with Crippen molar-refractivity contribution in [3.05, 3.63) is 75.3 Å². The van der Waals surface area contributed by atoms with Crippen molar-refractivity contribution in [3.8, 4) is 0 Å². The van der Waals surface area contributed by atoms with Gasteiger partial charge in [0.25, 0.3) is 5.56 Å². The van der Waals surface area contributed by atoms with Crippen molar-refractivity contribution >= 4 is 21.9 Å². The van der Waals surface area contributed by atoms with Crippen molar-refractivity contribution in [1.82, 2.24) is 14.3 Å². The van der Waals surface area contributed by atoms with Crippen LogP contribution in [0, 0.1) is 6.92 Å². The van der Waals surface area contributed by atoms with Gasteiger partial charge in [-0.3, -0.25) is 9.36 Å². The lowest BCUT2D eigenvalue weighted by Gasteiger charge is -2.24. The van der Waals surface area contributed by atoms with Gasteiger partial charge >= 0.3 is 0 Å². The van der Waals surface area contributed by atoms with Gasteiger partial charge in [-0.2, -0.15) is 0 Å². The third-order valence-electron chi connectivity index (χ3n) is 6.37. The van der Waals surface area contributed by atoms with Crippen LogP contribution in [0.3, 0.4) is 0 Å². The average molecular weight is 453 g/mol. The van der Waals surface area contributed by atoms with Gasteiger partial charge in [0.15, 0.2) is 0 Å². The highest BCUT2D eigenvalue weighted by molar-refractivity contribution is 7.83. The summed E-state index contributed by atoms with van der Waals surface area (Å²) < 4.78 is 17.2. The first kappa shape index (κ1) is 22.8. The lowest BCUT2D eigenvalue weighted by Crippen LogP contribution is -2.33. The molecule has 0 unspecified atom stereocenters. The van der Waals surface area contributed by atoms with E-state index < -0.39 is 17.2 Å². The van der Waals surface area contributed by atoms with E-state index in [4.69, 9.17) is 10.7 Å². The molecule has 4 rings (SSSR count). The average Bonchev–Trinajstić information content (AvgIpc) is 3.09. The van der Waals surface area contributed by atoms with Crippen LogP contribution in [0.5, 0.6) is 0 Å². The number of nitrogens with two attached hydrogens (primary N) is 1. The number of nitrogens with zero attached hydrogens (tertiary/aromatic N) is 2. The Labute approximate surface area is 191 Å². The summed E-state index contributed by atoms with van der Waals surface area (Å²) >= 11 is 0. The third-order valence-corrected chi connectivity index (χ3v) is 7.55. The summed E-state index contributed by atoms with van der Waals surface area (Å²) in [5.74, 6) is 1.36. The van der Waals surface area contributed by atoms with E-state index >= 15 is 0 Å². The number of nitrogens with one attached hydrogen (secondary N) is 1. The Morgan fingerprint density at radius 1 is 1.28 bits per heavy atom. The van der Waals surface area contributed by atoms with Crippen LogP contribution in [-0.2, 0) is 29.4 Å². The molecule has 3 atom stereocenters. The van der Waals surface area contributed by atoms with Crippen LogP contribution in [0.2, 0.25) is 0 Å². The van der Waals surface area contributed by atoms with E-state index in [1.165, 1.54) is 5.56 Å². The molecule has 32 heavy (non-hydrogen) atoms. The van der Waals surface area contributed by atoms with Gasteiger partial charge < -0.3 is 5.73 Å². The molecule has 0 aliphatic carbocycles. The van der Waals surface area contributed by atoms with Gasteiger partial charge in [0.2, 0.25) is 0 Å². The Morgan fingerprint density at radius 2 is 2.03 bits per heavy atom. The highest BCUT2D eigenvalue weighted by atomic mass is 32.2. The van der Waals surface area contributed by atoms with Crippen LogP contribution in [0.1, 0.15) is 61.8 Å². The molecule has 170 valence electrons. The molecule has 1 aliphatic heterocycles. The Balaban J connectivity index is 1.78. The zero-order valence-corrected chi connectivity index (χ0v) is 19.9. The van der Waals surface area contributed by atoms with Crippen LogP contribution >= 0.6 is 0 Å². The molecule has 0 saturated heterocycles. The van der Waals surface area contributed by atoms with E-state index in [0.717, 1.165) is 42.6 Å². The Hall–Kier alpha value is -2.35. The summed E-state index contributed by atoms with van der Waals surface area (Å²) in [6, 6.07) is 14.2. The summed E-state index contributed by atoms with van der Waals surface area (Å²) in [5.41, 5.74) is 9.68. The molecule has 7 heteroatoms. The van der Waals surface area contributed by atoms with E-state index in [2.05, 4.69) is 30.7 Å². The van der Waals surface area contributed by atoms with Crippen molar-refractivity contribution in [1.29, 1.82) is 0 Å². The first-order valence-corrected chi connectivity index (χ1v) is 12.6. The van der Waals surface area contributed by atoms with Gasteiger partial charge in [0.1, 0.15) is 5.82 Å².